The minimum atomic E-state index is -0.440. The quantitative estimate of drug-likeness (QED) is 0.631. The highest BCUT2D eigenvalue weighted by Gasteiger charge is 2.12. The molecule has 29 heavy (non-hydrogen) atoms. The molecule has 0 radical (unpaired) electrons. The van der Waals surface area contributed by atoms with Gasteiger partial charge in [-0.05, 0) is 54.3 Å². The van der Waals surface area contributed by atoms with Gasteiger partial charge >= 0.3 is 0 Å². The normalized spacial score (nSPS) is 10.6. The predicted molar refractivity (Wildman–Crippen MR) is 110 cm³/mol. The van der Waals surface area contributed by atoms with Crippen LogP contribution in [0.2, 0.25) is 0 Å². The molecule has 0 aliphatic carbocycles. The molecule has 0 bridgehead atoms. The van der Waals surface area contributed by atoms with Gasteiger partial charge in [0.25, 0.3) is 11.8 Å². The van der Waals surface area contributed by atoms with E-state index in [4.69, 9.17) is 4.74 Å². The lowest BCUT2D eigenvalue weighted by Gasteiger charge is -2.15. The smallest absolute Gasteiger partial charge is 0.276 e. The Hall–Kier alpha value is -3.61. The third-order valence-electron chi connectivity index (χ3n) is 4.40. The van der Waals surface area contributed by atoms with Crippen LogP contribution in [0, 0.1) is 6.92 Å². The maximum atomic E-state index is 12.2. The van der Waals surface area contributed by atoms with E-state index in [0.717, 1.165) is 16.8 Å². The Morgan fingerprint density at radius 3 is 2.52 bits per heavy atom. The number of hydrogen-bond donors (Lipinski definition) is 2. The molecule has 2 aromatic carbocycles. The second kappa shape index (κ2) is 9.05. The average molecular weight is 392 g/mol. The lowest BCUT2D eigenvalue weighted by atomic mass is 10.0. The van der Waals surface area contributed by atoms with Gasteiger partial charge in [0.15, 0.2) is 6.61 Å². The number of imidazole rings is 1. The molecule has 3 rings (SSSR count). The molecule has 1 aromatic heterocycles. The first-order chi connectivity index (χ1) is 13.9. The summed E-state index contributed by atoms with van der Waals surface area (Å²) in [5.74, 6) is 0.105. The Morgan fingerprint density at radius 1 is 1.10 bits per heavy atom. The highest BCUT2D eigenvalue weighted by Crippen LogP contribution is 2.27. The van der Waals surface area contributed by atoms with Crippen LogP contribution in [-0.2, 0) is 4.79 Å². The van der Waals surface area contributed by atoms with Crippen molar-refractivity contribution in [3.8, 4) is 11.4 Å². The number of amides is 2. The zero-order valence-electron chi connectivity index (χ0n) is 16.7. The van der Waals surface area contributed by atoms with Crippen LogP contribution >= 0.6 is 0 Å². The summed E-state index contributed by atoms with van der Waals surface area (Å²) >= 11 is 0. The summed E-state index contributed by atoms with van der Waals surface area (Å²) in [4.78, 5) is 28.3. The molecule has 0 spiro atoms. The molecule has 0 aliphatic rings. The zero-order chi connectivity index (χ0) is 20.8. The molecule has 150 valence electrons. The van der Waals surface area contributed by atoms with Crippen LogP contribution in [0.15, 0.2) is 61.2 Å². The minimum Gasteiger partial charge on any atom is -0.483 e. The maximum absolute atomic E-state index is 12.2. The molecule has 0 aliphatic heterocycles. The van der Waals surface area contributed by atoms with Crippen LogP contribution < -0.4 is 15.6 Å². The van der Waals surface area contributed by atoms with Crippen LogP contribution in [0.3, 0.4) is 0 Å². The van der Waals surface area contributed by atoms with Crippen molar-refractivity contribution in [2.24, 2.45) is 0 Å². The van der Waals surface area contributed by atoms with E-state index < -0.39 is 11.8 Å². The standard InChI is InChI=1S/C22H24N4O3/c1-15(2)19-9-4-16(3)12-20(19)29-13-21(27)24-25-22(28)17-5-7-18(8-6-17)26-11-10-23-14-26/h4-12,14-15H,13H2,1-3H3,(H,24,27)(H,25,28). The second-order valence-electron chi connectivity index (χ2n) is 7.00. The molecule has 1 heterocycles. The van der Waals surface area contributed by atoms with Crippen LogP contribution in [0.1, 0.15) is 41.3 Å². The van der Waals surface area contributed by atoms with Gasteiger partial charge in [0.2, 0.25) is 0 Å². The van der Waals surface area contributed by atoms with Gasteiger partial charge < -0.3 is 9.30 Å². The molecular weight excluding hydrogens is 368 g/mol. The van der Waals surface area contributed by atoms with E-state index in [0.29, 0.717) is 11.3 Å². The van der Waals surface area contributed by atoms with Gasteiger partial charge in [-0.2, -0.15) is 0 Å². The van der Waals surface area contributed by atoms with Crippen LogP contribution in [0.5, 0.6) is 5.75 Å². The Labute approximate surface area is 169 Å². The van der Waals surface area contributed by atoms with Gasteiger partial charge in [0.05, 0.1) is 6.33 Å². The molecule has 7 nitrogen and oxygen atoms in total. The van der Waals surface area contributed by atoms with Crippen molar-refractivity contribution in [3.05, 3.63) is 77.9 Å². The third-order valence-corrected chi connectivity index (χ3v) is 4.40. The van der Waals surface area contributed by atoms with E-state index in [1.807, 2.05) is 35.9 Å². The van der Waals surface area contributed by atoms with Crippen molar-refractivity contribution in [3.63, 3.8) is 0 Å². The number of carbonyl (C=O) groups excluding carboxylic acids is 2. The molecule has 2 amide bonds. The molecule has 0 saturated carbocycles. The minimum absolute atomic E-state index is 0.191. The number of rotatable bonds is 6. The zero-order valence-corrected chi connectivity index (χ0v) is 16.7. The first-order valence-corrected chi connectivity index (χ1v) is 9.35. The summed E-state index contributed by atoms with van der Waals surface area (Å²) < 4.78 is 7.49. The number of carbonyl (C=O) groups is 2. The molecule has 0 atom stereocenters. The van der Waals surface area contributed by atoms with E-state index >= 15 is 0 Å². The monoisotopic (exact) mass is 392 g/mol. The van der Waals surface area contributed by atoms with E-state index in [2.05, 4.69) is 29.7 Å². The van der Waals surface area contributed by atoms with Crippen LogP contribution in [0.4, 0.5) is 0 Å². The number of hydrazine groups is 1. The summed E-state index contributed by atoms with van der Waals surface area (Å²) in [6.45, 7) is 5.91. The Kier molecular flexibility index (Phi) is 6.29. The first kappa shape index (κ1) is 20.1. The summed E-state index contributed by atoms with van der Waals surface area (Å²) in [5.41, 5.74) is 8.18. The van der Waals surface area contributed by atoms with Crippen molar-refractivity contribution in [1.82, 2.24) is 20.4 Å². The number of nitrogens with one attached hydrogen (secondary N) is 2. The largest absolute Gasteiger partial charge is 0.483 e. The van der Waals surface area contributed by atoms with E-state index in [9.17, 15) is 9.59 Å². The van der Waals surface area contributed by atoms with Crippen molar-refractivity contribution in [2.45, 2.75) is 26.7 Å². The van der Waals surface area contributed by atoms with Crippen molar-refractivity contribution in [1.29, 1.82) is 0 Å². The second-order valence-corrected chi connectivity index (χ2v) is 7.00. The highest BCUT2D eigenvalue weighted by atomic mass is 16.5. The lowest BCUT2D eigenvalue weighted by molar-refractivity contribution is -0.123. The van der Waals surface area contributed by atoms with Crippen LogP contribution in [-0.4, -0.2) is 28.0 Å². The molecule has 0 fully saturated rings. The van der Waals surface area contributed by atoms with Crippen molar-refractivity contribution >= 4 is 11.8 Å². The number of nitrogens with zero attached hydrogens (tertiary/aromatic N) is 2. The van der Waals surface area contributed by atoms with Gasteiger partial charge in [0, 0.05) is 23.6 Å². The third kappa shape index (κ3) is 5.22. The summed E-state index contributed by atoms with van der Waals surface area (Å²) in [5, 5.41) is 0. The Morgan fingerprint density at radius 2 is 1.86 bits per heavy atom. The molecule has 3 aromatic rings. The number of aryl methyl sites for hydroxylation is 1. The maximum Gasteiger partial charge on any atom is 0.276 e. The first-order valence-electron chi connectivity index (χ1n) is 9.35. The van der Waals surface area contributed by atoms with Crippen molar-refractivity contribution < 1.29 is 14.3 Å². The Bertz CT molecular complexity index is 980. The van der Waals surface area contributed by atoms with E-state index in [-0.39, 0.29) is 12.5 Å². The fourth-order valence-electron chi connectivity index (χ4n) is 2.82. The van der Waals surface area contributed by atoms with Gasteiger partial charge in [-0.15, -0.1) is 0 Å². The van der Waals surface area contributed by atoms with Crippen molar-refractivity contribution in [2.75, 3.05) is 6.61 Å². The van der Waals surface area contributed by atoms with Gasteiger partial charge in [-0.25, -0.2) is 4.98 Å². The fraction of sp³-hybridized carbons (Fsp3) is 0.227. The van der Waals surface area contributed by atoms with Gasteiger partial charge in [-0.3, -0.25) is 20.4 Å². The number of ether oxygens (including phenoxy) is 1. The fourth-order valence-corrected chi connectivity index (χ4v) is 2.82. The van der Waals surface area contributed by atoms with Gasteiger partial charge in [-0.1, -0.05) is 26.0 Å². The predicted octanol–water partition coefficient (Wildman–Crippen LogP) is 3.14. The molecule has 7 heteroatoms. The molecule has 2 N–H and O–H groups in total. The van der Waals surface area contributed by atoms with E-state index in [1.54, 1.807) is 36.8 Å². The van der Waals surface area contributed by atoms with E-state index in [1.165, 1.54) is 0 Å². The lowest BCUT2D eigenvalue weighted by Crippen LogP contribution is -2.43. The summed E-state index contributed by atoms with van der Waals surface area (Å²) in [6.07, 6.45) is 5.17. The van der Waals surface area contributed by atoms with Gasteiger partial charge in [0.1, 0.15) is 5.75 Å². The molecule has 0 unspecified atom stereocenters. The molecule has 0 saturated heterocycles. The number of hydrogen-bond acceptors (Lipinski definition) is 4. The SMILES string of the molecule is Cc1ccc(C(C)C)c(OCC(=O)NNC(=O)c2ccc(-n3ccnc3)cc2)c1. The number of benzene rings is 2. The summed E-state index contributed by atoms with van der Waals surface area (Å²) in [7, 11) is 0. The summed E-state index contributed by atoms with van der Waals surface area (Å²) in [6, 6.07) is 12.9. The Balaban J connectivity index is 1.52. The van der Waals surface area contributed by atoms with Crippen LogP contribution in [0.25, 0.3) is 5.69 Å². The number of aromatic nitrogens is 2. The average Bonchev–Trinajstić information content (AvgIpc) is 3.25. The molecular formula is C22H24N4O3. The highest BCUT2D eigenvalue weighted by molar-refractivity contribution is 5.95. The topological polar surface area (TPSA) is 85.3 Å².